The van der Waals surface area contributed by atoms with E-state index in [1.807, 2.05) is 4.90 Å². The monoisotopic (exact) mass is 481 g/mol. The van der Waals surface area contributed by atoms with E-state index in [1.165, 1.54) is 12.7 Å². The van der Waals surface area contributed by atoms with Crippen LogP contribution in [0.25, 0.3) is 0 Å². The topological polar surface area (TPSA) is 120 Å². The highest BCUT2D eigenvalue weighted by atomic mass is 16.5. The number of unbranched alkanes of at least 4 members (excludes halogenated alkanes) is 1. The maximum absolute atomic E-state index is 12.5. The molecule has 1 aromatic carbocycles. The number of nitrogens with two attached hydrogens (primary N) is 1. The first-order chi connectivity index (χ1) is 17.0. The van der Waals surface area contributed by atoms with Crippen LogP contribution < -0.4 is 20.7 Å². The molecule has 1 saturated carbocycles. The van der Waals surface area contributed by atoms with Gasteiger partial charge in [-0.1, -0.05) is 37.6 Å². The van der Waals surface area contributed by atoms with Crippen LogP contribution in [0.3, 0.4) is 0 Å². The van der Waals surface area contributed by atoms with Crippen LogP contribution in [0.5, 0.6) is 6.01 Å². The van der Waals surface area contributed by atoms with Crippen molar-refractivity contribution < 1.29 is 19.1 Å². The molecule has 2 heterocycles. The lowest BCUT2D eigenvalue weighted by molar-refractivity contribution is -0.146. The van der Waals surface area contributed by atoms with E-state index in [0.29, 0.717) is 36.4 Å². The fourth-order valence-electron chi connectivity index (χ4n) is 4.87. The highest BCUT2D eigenvalue weighted by Crippen LogP contribution is 2.34. The third kappa shape index (κ3) is 6.21. The van der Waals surface area contributed by atoms with Crippen LogP contribution in [0.15, 0.2) is 24.3 Å². The number of nitrogens with one attached hydrogen (secondary N) is 1. The number of hydrogen-bond acceptors (Lipinski definition) is 8. The van der Waals surface area contributed by atoms with E-state index >= 15 is 0 Å². The molecule has 9 heteroatoms. The third-order valence-electron chi connectivity index (χ3n) is 6.80. The van der Waals surface area contributed by atoms with Gasteiger partial charge in [0.05, 0.1) is 26.2 Å². The summed E-state index contributed by atoms with van der Waals surface area (Å²) >= 11 is 0. The number of carbonyl (C=O) groups is 2. The lowest BCUT2D eigenvalue weighted by Gasteiger charge is -2.27. The molecule has 188 valence electrons. The summed E-state index contributed by atoms with van der Waals surface area (Å²) in [5, 5.41) is 2.77. The molecule has 4 rings (SSSR count). The van der Waals surface area contributed by atoms with Gasteiger partial charge in [-0.2, -0.15) is 9.97 Å². The Hall–Kier alpha value is -3.36. The number of methoxy groups -OCH3 is 1. The first-order valence-corrected chi connectivity index (χ1v) is 12.5. The molecule has 1 fully saturated rings. The summed E-state index contributed by atoms with van der Waals surface area (Å²) in [6.07, 6.45) is 6.69. The van der Waals surface area contributed by atoms with Crippen LogP contribution in [-0.2, 0) is 27.3 Å². The Kier molecular flexibility index (Phi) is 8.05. The first kappa shape index (κ1) is 24.8. The lowest BCUT2D eigenvalue weighted by Crippen LogP contribution is -2.31. The van der Waals surface area contributed by atoms with Crippen molar-refractivity contribution in [1.29, 1.82) is 0 Å². The Morgan fingerprint density at radius 2 is 1.97 bits per heavy atom. The maximum Gasteiger partial charge on any atom is 0.320 e. The van der Waals surface area contributed by atoms with Crippen LogP contribution in [0, 0.1) is 11.8 Å². The Bertz CT molecular complexity index is 1050. The Labute approximate surface area is 206 Å². The van der Waals surface area contributed by atoms with Crippen molar-refractivity contribution in [2.45, 2.75) is 58.4 Å². The number of benzene rings is 1. The first-order valence-electron chi connectivity index (χ1n) is 12.5. The van der Waals surface area contributed by atoms with Gasteiger partial charge >= 0.3 is 12.0 Å². The molecular formula is C26H35N5O4. The van der Waals surface area contributed by atoms with Crippen molar-refractivity contribution in [3.8, 4) is 6.01 Å². The molecule has 2 aliphatic rings. The van der Waals surface area contributed by atoms with Crippen molar-refractivity contribution in [1.82, 2.24) is 9.97 Å². The number of hydrogen-bond donors (Lipinski definition) is 2. The molecule has 2 aromatic rings. The van der Waals surface area contributed by atoms with Crippen molar-refractivity contribution >= 4 is 29.2 Å². The quantitative estimate of drug-likeness (QED) is 0.411. The van der Waals surface area contributed by atoms with E-state index in [1.54, 1.807) is 0 Å². The molecule has 2 bridgehead atoms. The SMILES string of the molecule is CCCCOc1nc2c(N)c(n1)N(Cc1cccc(CC3CCC(C(=O)OC)CC3)c1)CC(=O)N2. The van der Waals surface area contributed by atoms with Gasteiger partial charge < -0.3 is 25.4 Å². The average Bonchev–Trinajstić information content (AvgIpc) is 2.91. The van der Waals surface area contributed by atoms with E-state index in [2.05, 4.69) is 46.5 Å². The molecule has 0 saturated heterocycles. The number of fused-ring (bicyclic) bond motifs is 2. The second-order valence-corrected chi connectivity index (χ2v) is 9.46. The number of nitrogen functional groups attached to an aromatic ring is 1. The molecule has 3 N–H and O–H groups in total. The lowest BCUT2D eigenvalue weighted by atomic mass is 9.79. The van der Waals surface area contributed by atoms with Crippen molar-refractivity contribution in [2.24, 2.45) is 11.8 Å². The van der Waals surface area contributed by atoms with Gasteiger partial charge in [-0.15, -0.1) is 0 Å². The van der Waals surface area contributed by atoms with Crippen LogP contribution in [-0.4, -0.2) is 42.1 Å². The number of esters is 1. The Morgan fingerprint density at radius 1 is 1.20 bits per heavy atom. The second-order valence-electron chi connectivity index (χ2n) is 9.46. The minimum absolute atomic E-state index is 0.0378. The largest absolute Gasteiger partial charge is 0.469 e. The van der Waals surface area contributed by atoms with E-state index in [9.17, 15) is 9.59 Å². The average molecular weight is 482 g/mol. The zero-order chi connectivity index (χ0) is 24.8. The fraction of sp³-hybridized carbons (Fsp3) is 0.538. The van der Waals surface area contributed by atoms with Gasteiger partial charge in [0.2, 0.25) is 5.91 Å². The summed E-state index contributed by atoms with van der Waals surface area (Å²) in [6, 6.07) is 8.66. The standard InChI is InChI=1S/C26H35N5O4/c1-3-4-12-35-26-29-23-22(27)24(30-26)31(16-21(32)28-23)15-19-7-5-6-18(14-19)13-17-8-10-20(11-9-17)25(33)34-2/h5-7,14,17,20H,3-4,8-13,15-16,27H2,1-2H3,(H,28,29,30,32). The second kappa shape index (κ2) is 11.4. The molecule has 35 heavy (non-hydrogen) atoms. The predicted molar refractivity (Wildman–Crippen MR) is 134 cm³/mol. The van der Waals surface area contributed by atoms with Gasteiger partial charge in [0.15, 0.2) is 11.6 Å². The van der Waals surface area contributed by atoms with Crippen LogP contribution in [0.4, 0.5) is 17.3 Å². The molecule has 1 aliphatic heterocycles. The number of ether oxygens (including phenoxy) is 2. The van der Waals surface area contributed by atoms with Crippen LogP contribution >= 0.6 is 0 Å². The van der Waals surface area contributed by atoms with Gasteiger partial charge in [0.25, 0.3) is 0 Å². The summed E-state index contributed by atoms with van der Waals surface area (Å²) in [6.45, 7) is 3.21. The Morgan fingerprint density at radius 3 is 2.71 bits per heavy atom. The third-order valence-corrected chi connectivity index (χ3v) is 6.80. The zero-order valence-electron chi connectivity index (χ0n) is 20.6. The minimum Gasteiger partial charge on any atom is -0.469 e. The number of nitrogens with zero attached hydrogens (tertiary/aromatic N) is 3. The fourth-order valence-corrected chi connectivity index (χ4v) is 4.87. The summed E-state index contributed by atoms with van der Waals surface area (Å²) in [5.41, 5.74) is 8.98. The number of carbonyl (C=O) groups excluding carboxylic acids is 2. The minimum atomic E-state index is -0.190. The molecule has 1 aromatic heterocycles. The van der Waals surface area contributed by atoms with Gasteiger partial charge in [-0.3, -0.25) is 9.59 Å². The Balaban J connectivity index is 1.45. The summed E-state index contributed by atoms with van der Waals surface area (Å²) in [7, 11) is 1.46. The smallest absolute Gasteiger partial charge is 0.320 e. The number of amides is 1. The van der Waals surface area contributed by atoms with Crippen molar-refractivity contribution in [3.05, 3.63) is 35.4 Å². The van der Waals surface area contributed by atoms with Gasteiger partial charge in [0.1, 0.15) is 5.69 Å². The molecular weight excluding hydrogens is 446 g/mol. The van der Waals surface area contributed by atoms with Gasteiger partial charge in [0, 0.05) is 6.54 Å². The van der Waals surface area contributed by atoms with E-state index in [4.69, 9.17) is 15.2 Å². The highest BCUT2D eigenvalue weighted by molar-refractivity contribution is 5.99. The predicted octanol–water partition coefficient (Wildman–Crippen LogP) is 3.72. The summed E-state index contributed by atoms with van der Waals surface area (Å²) < 4.78 is 10.6. The summed E-state index contributed by atoms with van der Waals surface area (Å²) in [5.74, 6) is 1.12. The molecule has 0 unspecified atom stereocenters. The van der Waals surface area contributed by atoms with Gasteiger partial charge in [-0.25, -0.2) is 0 Å². The molecule has 9 nitrogen and oxygen atoms in total. The highest BCUT2D eigenvalue weighted by Gasteiger charge is 2.28. The summed E-state index contributed by atoms with van der Waals surface area (Å²) in [4.78, 5) is 35.0. The molecule has 1 aliphatic carbocycles. The van der Waals surface area contributed by atoms with Crippen molar-refractivity contribution in [2.75, 3.05) is 36.2 Å². The van der Waals surface area contributed by atoms with Crippen LogP contribution in [0.1, 0.15) is 56.6 Å². The van der Waals surface area contributed by atoms with E-state index < -0.39 is 0 Å². The number of anilines is 3. The number of aromatic nitrogens is 2. The molecule has 0 atom stereocenters. The number of rotatable bonds is 9. The van der Waals surface area contributed by atoms with Crippen molar-refractivity contribution in [3.63, 3.8) is 0 Å². The van der Waals surface area contributed by atoms with E-state index in [0.717, 1.165) is 50.5 Å². The molecule has 0 radical (unpaired) electrons. The van der Waals surface area contributed by atoms with Crippen LogP contribution in [0.2, 0.25) is 0 Å². The van der Waals surface area contributed by atoms with Gasteiger partial charge in [-0.05, 0) is 55.6 Å². The molecule has 0 spiro atoms. The van der Waals surface area contributed by atoms with E-state index in [-0.39, 0.29) is 30.3 Å². The molecule has 1 amide bonds. The maximum atomic E-state index is 12.5. The zero-order valence-corrected chi connectivity index (χ0v) is 20.6. The normalized spacial score (nSPS) is 19.6.